The van der Waals surface area contributed by atoms with Crippen molar-refractivity contribution >= 4 is 22.0 Å². The van der Waals surface area contributed by atoms with E-state index in [0.29, 0.717) is 10.3 Å². The maximum absolute atomic E-state index is 13.8. The SMILES string of the molecule is CN(Cc1ncn(-c2cccc(Br)c2F)n1)C(=O)O. The first-order chi connectivity index (χ1) is 8.99. The molecule has 1 N–H and O–H groups in total. The van der Waals surface area contributed by atoms with Crippen molar-refractivity contribution in [1.29, 1.82) is 0 Å². The first-order valence-electron chi connectivity index (χ1n) is 5.28. The molecule has 0 aliphatic carbocycles. The van der Waals surface area contributed by atoms with Gasteiger partial charge in [0.2, 0.25) is 0 Å². The fourth-order valence-electron chi connectivity index (χ4n) is 1.43. The van der Waals surface area contributed by atoms with Crippen LogP contribution in [0.5, 0.6) is 0 Å². The monoisotopic (exact) mass is 328 g/mol. The van der Waals surface area contributed by atoms with Crippen molar-refractivity contribution in [3.8, 4) is 5.69 Å². The van der Waals surface area contributed by atoms with Crippen molar-refractivity contribution in [2.24, 2.45) is 0 Å². The molecular weight excluding hydrogens is 319 g/mol. The number of hydrogen-bond donors (Lipinski definition) is 1. The first-order valence-corrected chi connectivity index (χ1v) is 6.07. The normalized spacial score (nSPS) is 10.5. The second-order valence-electron chi connectivity index (χ2n) is 3.82. The Balaban J connectivity index is 2.26. The van der Waals surface area contributed by atoms with Crippen LogP contribution < -0.4 is 0 Å². The molecule has 0 saturated heterocycles. The van der Waals surface area contributed by atoms with Gasteiger partial charge in [0.25, 0.3) is 0 Å². The van der Waals surface area contributed by atoms with Crippen molar-refractivity contribution in [3.05, 3.63) is 40.6 Å². The summed E-state index contributed by atoms with van der Waals surface area (Å²) in [6.07, 6.45) is 0.264. The molecular formula is C11H10BrFN4O2. The molecule has 0 spiro atoms. The molecule has 100 valence electrons. The molecule has 2 rings (SSSR count). The van der Waals surface area contributed by atoms with E-state index in [0.717, 1.165) is 4.90 Å². The van der Waals surface area contributed by atoms with E-state index in [2.05, 4.69) is 26.0 Å². The minimum atomic E-state index is -1.08. The molecule has 1 aromatic carbocycles. The molecule has 1 heterocycles. The number of aromatic nitrogens is 3. The maximum Gasteiger partial charge on any atom is 0.407 e. The van der Waals surface area contributed by atoms with E-state index < -0.39 is 11.9 Å². The smallest absolute Gasteiger partial charge is 0.407 e. The van der Waals surface area contributed by atoms with Gasteiger partial charge >= 0.3 is 6.09 Å². The van der Waals surface area contributed by atoms with Crippen LogP contribution in [0.25, 0.3) is 5.69 Å². The minimum Gasteiger partial charge on any atom is -0.465 e. The van der Waals surface area contributed by atoms with Gasteiger partial charge in [-0.05, 0) is 28.1 Å². The van der Waals surface area contributed by atoms with Crippen molar-refractivity contribution < 1.29 is 14.3 Å². The Morgan fingerprint density at radius 3 is 3.00 bits per heavy atom. The topological polar surface area (TPSA) is 71.2 Å². The molecule has 0 radical (unpaired) electrons. The summed E-state index contributed by atoms with van der Waals surface area (Å²) in [5.41, 5.74) is 0.242. The Morgan fingerprint density at radius 2 is 2.32 bits per heavy atom. The van der Waals surface area contributed by atoms with E-state index in [1.54, 1.807) is 18.2 Å². The number of amides is 1. The number of carboxylic acid groups (broad SMARTS) is 1. The number of nitrogens with zero attached hydrogens (tertiary/aromatic N) is 4. The molecule has 0 aliphatic heterocycles. The number of rotatable bonds is 3. The number of benzene rings is 1. The van der Waals surface area contributed by atoms with E-state index in [4.69, 9.17) is 5.11 Å². The summed E-state index contributed by atoms with van der Waals surface area (Å²) in [6, 6.07) is 4.81. The van der Waals surface area contributed by atoms with Crippen LogP contribution in [0, 0.1) is 5.82 Å². The molecule has 6 nitrogen and oxygen atoms in total. The number of carbonyl (C=O) groups is 1. The maximum atomic E-state index is 13.8. The Morgan fingerprint density at radius 1 is 1.58 bits per heavy atom. The molecule has 0 bridgehead atoms. The second kappa shape index (κ2) is 5.35. The average molecular weight is 329 g/mol. The molecule has 19 heavy (non-hydrogen) atoms. The third kappa shape index (κ3) is 2.90. The predicted octanol–water partition coefficient (Wildman–Crippen LogP) is 2.28. The third-order valence-corrected chi connectivity index (χ3v) is 3.03. The molecule has 0 atom stereocenters. The van der Waals surface area contributed by atoms with Crippen LogP contribution in [0.1, 0.15) is 5.82 Å². The van der Waals surface area contributed by atoms with Gasteiger partial charge in [-0.1, -0.05) is 6.07 Å². The predicted molar refractivity (Wildman–Crippen MR) is 68.5 cm³/mol. The lowest BCUT2D eigenvalue weighted by atomic mass is 10.3. The highest BCUT2D eigenvalue weighted by Crippen LogP contribution is 2.21. The van der Waals surface area contributed by atoms with Gasteiger partial charge in [-0.2, -0.15) is 0 Å². The summed E-state index contributed by atoms with van der Waals surface area (Å²) in [7, 11) is 1.41. The summed E-state index contributed by atoms with van der Waals surface area (Å²) in [5, 5.41) is 12.8. The van der Waals surface area contributed by atoms with Crippen LogP contribution in [0.2, 0.25) is 0 Å². The van der Waals surface area contributed by atoms with Gasteiger partial charge in [0, 0.05) is 7.05 Å². The van der Waals surface area contributed by atoms with Crippen LogP contribution in [-0.2, 0) is 6.54 Å². The quantitative estimate of drug-likeness (QED) is 0.938. The molecule has 1 aromatic heterocycles. The van der Waals surface area contributed by atoms with Crippen LogP contribution in [0.3, 0.4) is 0 Å². The Labute approximate surface area is 116 Å². The molecule has 0 saturated carbocycles. The summed E-state index contributed by atoms with van der Waals surface area (Å²) in [4.78, 5) is 15.7. The number of hydrogen-bond acceptors (Lipinski definition) is 3. The summed E-state index contributed by atoms with van der Waals surface area (Å²) in [6.45, 7) is 0.0396. The Hall–Kier alpha value is -1.96. The van der Waals surface area contributed by atoms with Gasteiger partial charge in [-0.3, -0.25) is 0 Å². The molecule has 2 aromatic rings. The zero-order valence-corrected chi connectivity index (χ0v) is 11.5. The van der Waals surface area contributed by atoms with E-state index >= 15 is 0 Å². The highest BCUT2D eigenvalue weighted by Gasteiger charge is 2.13. The minimum absolute atomic E-state index is 0.0396. The number of halogens is 2. The lowest BCUT2D eigenvalue weighted by molar-refractivity contribution is 0.152. The Kier molecular flexibility index (Phi) is 3.79. The Bertz CT molecular complexity index is 616. The van der Waals surface area contributed by atoms with Crippen LogP contribution >= 0.6 is 15.9 Å². The summed E-state index contributed by atoms with van der Waals surface area (Å²) >= 11 is 3.09. The standard InChI is InChI=1S/C11H10BrFN4O2/c1-16(11(18)19)5-9-14-6-17(15-9)8-4-2-3-7(12)10(8)13/h2-4,6H,5H2,1H3,(H,18,19). The average Bonchev–Trinajstić information content (AvgIpc) is 2.81. The lowest BCUT2D eigenvalue weighted by Gasteiger charge is -2.09. The second-order valence-corrected chi connectivity index (χ2v) is 4.67. The largest absolute Gasteiger partial charge is 0.465 e. The van der Waals surface area contributed by atoms with Gasteiger partial charge in [0.1, 0.15) is 12.0 Å². The molecule has 0 unspecified atom stereocenters. The lowest BCUT2D eigenvalue weighted by Crippen LogP contribution is -2.24. The van der Waals surface area contributed by atoms with E-state index in [-0.39, 0.29) is 12.2 Å². The molecule has 8 heteroatoms. The molecule has 1 amide bonds. The van der Waals surface area contributed by atoms with Crippen molar-refractivity contribution in [2.75, 3.05) is 7.05 Å². The first kappa shape index (κ1) is 13.5. The van der Waals surface area contributed by atoms with E-state index in [1.807, 2.05) is 0 Å². The van der Waals surface area contributed by atoms with Crippen molar-refractivity contribution in [3.63, 3.8) is 0 Å². The fourth-order valence-corrected chi connectivity index (χ4v) is 1.79. The molecule has 0 fully saturated rings. The van der Waals surface area contributed by atoms with E-state index in [9.17, 15) is 9.18 Å². The van der Waals surface area contributed by atoms with Crippen LogP contribution in [-0.4, -0.2) is 37.9 Å². The van der Waals surface area contributed by atoms with Gasteiger partial charge in [-0.25, -0.2) is 18.9 Å². The zero-order chi connectivity index (χ0) is 14.0. The van der Waals surface area contributed by atoms with Crippen LogP contribution in [0.4, 0.5) is 9.18 Å². The fraction of sp³-hybridized carbons (Fsp3) is 0.182. The van der Waals surface area contributed by atoms with Gasteiger partial charge in [0.05, 0.1) is 11.0 Å². The van der Waals surface area contributed by atoms with Crippen LogP contribution in [0.15, 0.2) is 29.0 Å². The molecule has 0 aliphatic rings. The third-order valence-electron chi connectivity index (χ3n) is 2.42. The van der Waals surface area contributed by atoms with Gasteiger partial charge < -0.3 is 10.0 Å². The summed E-state index contributed by atoms with van der Waals surface area (Å²) < 4.78 is 15.4. The zero-order valence-electron chi connectivity index (χ0n) is 9.92. The highest BCUT2D eigenvalue weighted by molar-refractivity contribution is 9.10. The summed E-state index contributed by atoms with van der Waals surface area (Å²) in [5.74, 6) is -0.158. The van der Waals surface area contributed by atoms with E-state index in [1.165, 1.54) is 18.1 Å². The van der Waals surface area contributed by atoms with Crippen molar-refractivity contribution in [1.82, 2.24) is 19.7 Å². The highest BCUT2D eigenvalue weighted by atomic mass is 79.9. The van der Waals surface area contributed by atoms with Gasteiger partial charge in [-0.15, -0.1) is 5.10 Å². The van der Waals surface area contributed by atoms with Gasteiger partial charge in [0.15, 0.2) is 11.6 Å². The van der Waals surface area contributed by atoms with Crippen molar-refractivity contribution in [2.45, 2.75) is 6.54 Å².